The van der Waals surface area contributed by atoms with Gasteiger partial charge in [-0.3, -0.25) is 9.36 Å². The van der Waals surface area contributed by atoms with E-state index in [0.717, 1.165) is 16.9 Å². The van der Waals surface area contributed by atoms with Gasteiger partial charge in [0.15, 0.2) is 0 Å². The van der Waals surface area contributed by atoms with Crippen LogP contribution in [-0.4, -0.2) is 14.2 Å². The first-order chi connectivity index (χ1) is 7.89. The second-order valence-electron chi connectivity index (χ2n) is 2.96. The van der Waals surface area contributed by atoms with Crippen molar-refractivity contribution in [3.63, 3.8) is 0 Å². The van der Waals surface area contributed by atoms with Gasteiger partial charge in [-0.1, -0.05) is 27.4 Å². The van der Waals surface area contributed by atoms with E-state index >= 15 is 0 Å². The Hall–Kier alpha value is -0.930. The van der Waals surface area contributed by atoms with Crippen LogP contribution in [0, 0.1) is 0 Å². The first-order valence-corrected chi connectivity index (χ1v) is 6.15. The summed E-state index contributed by atoms with van der Waals surface area (Å²) >= 11 is 7.02. The summed E-state index contributed by atoms with van der Waals surface area (Å²) in [4.78, 5) is 10.6. The fourth-order valence-corrected chi connectivity index (χ4v) is 2.52. The third-order valence-electron chi connectivity index (χ3n) is 1.89. The van der Waals surface area contributed by atoms with Gasteiger partial charge in [-0.25, -0.2) is 0 Å². The minimum atomic E-state index is -4.57. The van der Waals surface area contributed by atoms with Crippen LogP contribution in [-0.2, 0) is 12.7 Å². The average Bonchev–Trinajstić information content (AvgIpc) is 2.75. The SMILES string of the molecule is O=c1scc(C(F)(F)F)n1Cc1nnsc1Cl. The Morgan fingerprint density at radius 1 is 1.47 bits per heavy atom. The van der Waals surface area contributed by atoms with Gasteiger partial charge in [0.05, 0.1) is 6.54 Å². The van der Waals surface area contributed by atoms with Crippen LogP contribution in [0.2, 0.25) is 4.34 Å². The zero-order valence-electron chi connectivity index (χ0n) is 7.86. The van der Waals surface area contributed by atoms with Crippen molar-refractivity contribution in [3.05, 3.63) is 30.8 Å². The zero-order valence-corrected chi connectivity index (χ0v) is 10.3. The lowest BCUT2D eigenvalue weighted by Gasteiger charge is -2.08. The maximum atomic E-state index is 12.6. The van der Waals surface area contributed by atoms with E-state index in [0.29, 0.717) is 15.9 Å². The highest BCUT2D eigenvalue weighted by atomic mass is 35.5. The van der Waals surface area contributed by atoms with Crippen LogP contribution >= 0.6 is 34.5 Å². The Morgan fingerprint density at radius 2 is 2.18 bits per heavy atom. The van der Waals surface area contributed by atoms with Gasteiger partial charge >= 0.3 is 11.0 Å². The van der Waals surface area contributed by atoms with Gasteiger partial charge in [0.2, 0.25) is 0 Å². The maximum absolute atomic E-state index is 12.6. The highest BCUT2D eigenvalue weighted by Crippen LogP contribution is 2.30. The standard InChI is InChI=1S/C7H3ClF3N3OS2/c8-5-3(12-13-17-5)1-14-4(7(9,10)11)2-16-6(14)15/h2H,1H2. The predicted octanol–water partition coefficient (Wildman–Crippen LogP) is 2.48. The molecule has 0 amide bonds. The summed E-state index contributed by atoms with van der Waals surface area (Å²) in [6, 6.07) is 0. The average molecular weight is 302 g/mol. The molecule has 17 heavy (non-hydrogen) atoms. The van der Waals surface area contributed by atoms with Gasteiger partial charge in [0.1, 0.15) is 15.7 Å². The molecule has 2 rings (SSSR count). The minimum Gasteiger partial charge on any atom is -0.289 e. The van der Waals surface area contributed by atoms with Crippen LogP contribution in [0.1, 0.15) is 11.4 Å². The molecule has 0 aromatic carbocycles. The van der Waals surface area contributed by atoms with Crippen molar-refractivity contribution >= 4 is 34.5 Å². The van der Waals surface area contributed by atoms with Crippen LogP contribution in [0.4, 0.5) is 13.2 Å². The van der Waals surface area contributed by atoms with E-state index < -0.39 is 16.7 Å². The summed E-state index contributed by atoms with van der Waals surface area (Å²) in [7, 11) is 0. The summed E-state index contributed by atoms with van der Waals surface area (Å²) in [6.45, 7) is -0.327. The zero-order chi connectivity index (χ0) is 12.6. The quantitative estimate of drug-likeness (QED) is 0.856. The predicted molar refractivity (Wildman–Crippen MR) is 57.6 cm³/mol. The molecule has 2 aromatic heterocycles. The molecule has 0 radical (unpaired) electrons. The highest BCUT2D eigenvalue weighted by molar-refractivity contribution is 7.10. The van der Waals surface area contributed by atoms with E-state index in [1.807, 2.05) is 0 Å². The first-order valence-electron chi connectivity index (χ1n) is 4.12. The number of hydrogen-bond donors (Lipinski definition) is 0. The molecule has 0 aliphatic heterocycles. The van der Waals surface area contributed by atoms with Crippen LogP contribution in [0.3, 0.4) is 0 Å². The number of halogens is 4. The van der Waals surface area contributed by atoms with E-state index in [2.05, 4.69) is 9.59 Å². The number of alkyl halides is 3. The molecule has 0 atom stereocenters. The Bertz CT molecular complexity index is 588. The van der Waals surface area contributed by atoms with E-state index in [-0.39, 0.29) is 16.6 Å². The van der Waals surface area contributed by atoms with E-state index in [4.69, 9.17) is 11.6 Å². The monoisotopic (exact) mass is 301 g/mol. The fourth-order valence-electron chi connectivity index (χ4n) is 1.14. The van der Waals surface area contributed by atoms with E-state index in [9.17, 15) is 18.0 Å². The molecule has 2 aromatic rings. The van der Waals surface area contributed by atoms with Crippen molar-refractivity contribution in [1.29, 1.82) is 0 Å². The van der Waals surface area contributed by atoms with Crippen molar-refractivity contribution in [2.75, 3.05) is 0 Å². The Balaban J connectivity index is 2.43. The minimum absolute atomic E-state index is 0.155. The molecule has 0 aliphatic rings. The lowest BCUT2D eigenvalue weighted by molar-refractivity contribution is -0.143. The Morgan fingerprint density at radius 3 is 2.71 bits per heavy atom. The molecule has 0 saturated carbocycles. The number of nitrogens with zero attached hydrogens (tertiary/aromatic N) is 3. The van der Waals surface area contributed by atoms with Crippen molar-refractivity contribution in [3.8, 4) is 0 Å². The fraction of sp³-hybridized carbons (Fsp3) is 0.286. The summed E-state index contributed by atoms with van der Waals surface area (Å²) in [5.74, 6) is 0. The van der Waals surface area contributed by atoms with Gasteiger partial charge < -0.3 is 0 Å². The highest BCUT2D eigenvalue weighted by Gasteiger charge is 2.35. The van der Waals surface area contributed by atoms with Gasteiger partial charge in [-0.05, 0) is 0 Å². The van der Waals surface area contributed by atoms with Crippen LogP contribution < -0.4 is 4.87 Å². The molecule has 0 saturated heterocycles. The van der Waals surface area contributed by atoms with E-state index in [1.54, 1.807) is 0 Å². The van der Waals surface area contributed by atoms with Gasteiger partial charge in [-0.2, -0.15) is 13.2 Å². The molecule has 4 nitrogen and oxygen atoms in total. The topological polar surface area (TPSA) is 47.8 Å². The summed E-state index contributed by atoms with van der Waals surface area (Å²) in [5, 5.41) is 4.34. The maximum Gasteiger partial charge on any atom is 0.432 e. The number of aromatic nitrogens is 3. The third-order valence-corrected chi connectivity index (χ3v) is 3.64. The molecular formula is C7H3ClF3N3OS2. The molecule has 10 heteroatoms. The summed E-state index contributed by atoms with van der Waals surface area (Å²) in [6.07, 6.45) is -4.57. The van der Waals surface area contributed by atoms with Gasteiger partial charge in [0.25, 0.3) is 0 Å². The molecule has 0 unspecified atom stereocenters. The molecule has 0 fully saturated rings. The Labute approximate surface area is 105 Å². The summed E-state index contributed by atoms with van der Waals surface area (Å²) in [5.41, 5.74) is -0.848. The normalized spacial score (nSPS) is 12.0. The number of hydrogen-bond acceptors (Lipinski definition) is 5. The summed E-state index contributed by atoms with van der Waals surface area (Å²) < 4.78 is 42.0. The van der Waals surface area contributed by atoms with Gasteiger partial charge in [-0.15, -0.1) is 5.10 Å². The van der Waals surface area contributed by atoms with Crippen LogP contribution in [0.25, 0.3) is 0 Å². The molecular weight excluding hydrogens is 299 g/mol. The van der Waals surface area contributed by atoms with Gasteiger partial charge in [0, 0.05) is 16.9 Å². The smallest absolute Gasteiger partial charge is 0.289 e. The first kappa shape index (κ1) is 12.5. The van der Waals surface area contributed by atoms with Crippen molar-refractivity contribution in [1.82, 2.24) is 14.2 Å². The third kappa shape index (κ3) is 2.50. The molecule has 0 bridgehead atoms. The van der Waals surface area contributed by atoms with Crippen molar-refractivity contribution in [2.24, 2.45) is 0 Å². The lowest BCUT2D eigenvalue weighted by Crippen LogP contribution is -2.22. The number of rotatable bonds is 2. The van der Waals surface area contributed by atoms with Crippen molar-refractivity contribution in [2.45, 2.75) is 12.7 Å². The molecule has 0 aliphatic carbocycles. The second-order valence-corrected chi connectivity index (χ2v) is 5.14. The molecule has 0 spiro atoms. The molecule has 92 valence electrons. The largest absolute Gasteiger partial charge is 0.432 e. The number of thiazole rings is 1. The molecule has 0 N–H and O–H groups in total. The van der Waals surface area contributed by atoms with Crippen LogP contribution in [0.5, 0.6) is 0 Å². The Kier molecular flexibility index (Phi) is 3.23. The molecule has 2 heterocycles. The van der Waals surface area contributed by atoms with Crippen LogP contribution in [0.15, 0.2) is 10.2 Å². The second kappa shape index (κ2) is 4.39. The van der Waals surface area contributed by atoms with E-state index in [1.165, 1.54) is 0 Å². The lowest BCUT2D eigenvalue weighted by atomic mass is 10.4. The van der Waals surface area contributed by atoms with Crippen molar-refractivity contribution < 1.29 is 13.2 Å².